The molecular weight excluding hydrogens is 453 g/mol. The largest absolute Gasteiger partial charge is 0.440 e. The van der Waals surface area contributed by atoms with Crippen LogP contribution in [0.25, 0.3) is 11.0 Å². The van der Waals surface area contributed by atoms with Crippen molar-refractivity contribution in [2.75, 3.05) is 5.32 Å². The molecule has 2 aromatic carbocycles. The van der Waals surface area contributed by atoms with Gasteiger partial charge in [0, 0.05) is 31.1 Å². The van der Waals surface area contributed by atoms with Gasteiger partial charge in [-0.3, -0.25) is 9.59 Å². The average molecular weight is 479 g/mol. The molecule has 1 fully saturated rings. The van der Waals surface area contributed by atoms with Crippen LogP contribution in [-0.2, 0) is 17.9 Å². The summed E-state index contributed by atoms with van der Waals surface area (Å²) in [5.41, 5.74) is 4.41. The zero-order valence-corrected chi connectivity index (χ0v) is 19.9. The molecule has 2 aliphatic heterocycles. The lowest BCUT2D eigenvalue weighted by Gasteiger charge is -2.45. The summed E-state index contributed by atoms with van der Waals surface area (Å²) in [6, 6.07) is 9.63. The molecule has 0 aliphatic carbocycles. The van der Waals surface area contributed by atoms with E-state index < -0.39 is 11.8 Å². The van der Waals surface area contributed by atoms with E-state index in [9.17, 15) is 14.7 Å². The smallest absolute Gasteiger partial charge is 0.255 e. The highest BCUT2D eigenvalue weighted by atomic mass is 31.1. The third-order valence-electron chi connectivity index (χ3n) is 6.74. The lowest BCUT2D eigenvalue weighted by molar-refractivity contribution is -0.135. The molecular formula is C24H26N5O4P. The predicted molar refractivity (Wildman–Crippen MR) is 131 cm³/mol. The lowest BCUT2D eigenvalue weighted by atomic mass is 9.88. The molecule has 1 aromatic heterocycles. The van der Waals surface area contributed by atoms with Crippen molar-refractivity contribution in [1.82, 2.24) is 20.2 Å². The summed E-state index contributed by atoms with van der Waals surface area (Å²) < 4.78 is 5.53. The Kier molecular flexibility index (Phi) is 5.54. The number of aryl methyl sites for hydroxylation is 1. The highest BCUT2D eigenvalue weighted by Gasteiger charge is 2.48. The molecule has 176 valence electrons. The minimum Gasteiger partial charge on any atom is -0.440 e. The van der Waals surface area contributed by atoms with E-state index in [0.717, 1.165) is 33.5 Å². The molecule has 2 aliphatic rings. The summed E-state index contributed by atoms with van der Waals surface area (Å²) in [6.07, 6.45) is 3.30. The first-order chi connectivity index (χ1) is 16.3. The van der Waals surface area contributed by atoms with Crippen molar-refractivity contribution in [1.29, 1.82) is 0 Å². The molecule has 2 unspecified atom stereocenters. The number of anilines is 1. The van der Waals surface area contributed by atoms with E-state index in [1.807, 2.05) is 44.2 Å². The molecule has 0 saturated carbocycles. The number of nitrogens with zero attached hydrogens (tertiary/aromatic N) is 2. The molecule has 2 atom stereocenters. The van der Waals surface area contributed by atoms with Crippen LogP contribution in [0.4, 0.5) is 5.95 Å². The van der Waals surface area contributed by atoms with Crippen molar-refractivity contribution in [2.24, 2.45) is 0 Å². The van der Waals surface area contributed by atoms with Gasteiger partial charge in [-0.15, -0.1) is 0 Å². The fourth-order valence-electron chi connectivity index (χ4n) is 4.65. The summed E-state index contributed by atoms with van der Waals surface area (Å²) in [5.74, 6) is 1.07. The maximum Gasteiger partial charge on any atom is 0.255 e. The van der Waals surface area contributed by atoms with Crippen LogP contribution in [-0.4, -0.2) is 49.9 Å². The number of piperidine rings is 1. The van der Waals surface area contributed by atoms with Gasteiger partial charge in [-0.1, -0.05) is 12.1 Å². The number of carbonyl (C=O) groups excluding carboxylic acids is 2. The summed E-state index contributed by atoms with van der Waals surface area (Å²) >= 11 is 0. The normalized spacial score (nSPS) is 22.2. The first kappa shape index (κ1) is 22.4. The summed E-state index contributed by atoms with van der Waals surface area (Å²) in [6.45, 7) is 4.71. The Bertz CT molecular complexity index is 1320. The van der Waals surface area contributed by atoms with E-state index in [4.69, 9.17) is 4.52 Å². The van der Waals surface area contributed by atoms with Gasteiger partial charge in [0.2, 0.25) is 11.9 Å². The number of fused-ring (bicyclic) bond motifs is 2. The number of aromatic nitrogens is 2. The molecule has 0 bridgehead atoms. The first-order valence-electron chi connectivity index (χ1n) is 11.1. The molecule has 0 spiro atoms. The minimum absolute atomic E-state index is 0.125. The van der Waals surface area contributed by atoms with E-state index in [-0.39, 0.29) is 18.2 Å². The van der Waals surface area contributed by atoms with Crippen LogP contribution < -0.4 is 15.2 Å². The topological polar surface area (TPSA) is 120 Å². The van der Waals surface area contributed by atoms with Gasteiger partial charge < -0.3 is 30.1 Å². The van der Waals surface area contributed by atoms with Crippen LogP contribution in [0.15, 0.2) is 30.3 Å². The van der Waals surface area contributed by atoms with E-state index >= 15 is 0 Å². The van der Waals surface area contributed by atoms with Crippen LogP contribution in [0.5, 0.6) is 5.75 Å². The number of imidazole rings is 1. The summed E-state index contributed by atoms with van der Waals surface area (Å²) in [7, 11) is 0.585. The number of aromatic amines is 1. The molecule has 10 heteroatoms. The van der Waals surface area contributed by atoms with Gasteiger partial charge >= 0.3 is 0 Å². The SMILES string of the molecule is C=POc1cc2nc(NCc3ccc4c(c3)CN(C3(C)CCC(=O)NC3O)C4=O)[nH]c2cc1C. The second-order valence-electron chi connectivity index (χ2n) is 9.00. The predicted octanol–water partition coefficient (Wildman–Crippen LogP) is 3.10. The van der Waals surface area contributed by atoms with Crippen molar-refractivity contribution in [2.45, 2.75) is 51.5 Å². The number of rotatable bonds is 6. The molecule has 9 nitrogen and oxygen atoms in total. The van der Waals surface area contributed by atoms with Gasteiger partial charge in [0.1, 0.15) is 20.4 Å². The molecule has 3 aromatic rings. The van der Waals surface area contributed by atoms with Crippen molar-refractivity contribution < 1.29 is 19.2 Å². The number of carbonyl (C=O) groups is 2. The minimum atomic E-state index is -1.09. The van der Waals surface area contributed by atoms with Crippen LogP contribution in [0.1, 0.15) is 46.8 Å². The van der Waals surface area contributed by atoms with E-state index in [1.54, 1.807) is 4.90 Å². The van der Waals surface area contributed by atoms with Gasteiger partial charge in [0.15, 0.2) is 0 Å². The second kappa shape index (κ2) is 8.42. The van der Waals surface area contributed by atoms with E-state index in [2.05, 4.69) is 26.9 Å². The Labute approximate surface area is 198 Å². The number of hydrogen-bond acceptors (Lipinski definition) is 6. The quantitative estimate of drug-likeness (QED) is 0.404. The fraction of sp³-hybridized carbons (Fsp3) is 0.333. The maximum atomic E-state index is 13.1. The summed E-state index contributed by atoms with van der Waals surface area (Å²) in [5, 5.41) is 16.4. The fourth-order valence-corrected chi connectivity index (χ4v) is 4.98. The Balaban J connectivity index is 1.31. The molecule has 3 heterocycles. The highest BCUT2D eigenvalue weighted by molar-refractivity contribution is 7.31. The zero-order chi connectivity index (χ0) is 24.0. The Morgan fingerprint density at radius 3 is 2.94 bits per heavy atom. The number of nitrogens with one attached hydrogen (secondary N) is 3. The molecule has 2 amide bonds. The number of benzene rings is 2. The number of aliphatic hydroxyl groups excluding tert-OH is 1. The third kappa shape index (κ3) is 3.81. The van der Waals surface area contributed by atoms with E-state index in [0.29, 0.717) is 39.5 Å². The van der Waals surface area contributed by atoms with Crippen LogP contribution in [0.3, 0.4) is 0 Å². The van der Waals surface area contributed by atoms with Gasteiger partial charge in [-0.05, 0) is 55.4 Å². The van der Waals surface area contributed by atoms with Crippen molar-refractivity contribution in [3.8, 4) is 5.75 Å². The highest BCUT2D eigenvalue weighted by Crippen LogP contribution is 2.36. The zero-order valence-electron chi connectivity index (χ0n) is 19.0. The van der Waals surface area contributed by atoms with E-state index in [1.165, 1.54) is 0 Å². The molecule has 0 radical (unpaired) electrons. The number of amides is 2. The Hall–Kier alpha value is -3.42. The van der Waals surface area contributed by atoms with Crippen molar-refractivity contribution >= 4 is 43.5 Å². The van der Waals surface area contributed by atoms with Crippen LogP contribution in [0.2, 0.25) is 0 Å². The average Bonchev–Trinajstić information content (AvgIpc) is 3.35. The first-order valence-corrected chi connectivity index (χ1v) is 12.1. The lowest BCUT2D eigenvalue weighted by Crippen LogP contribution is -2.63. The van der Waals surface area contributed by atoms with Crippen LogP contribution in [0, 0.1) is 6.92 Å². The monoisotopic (exact) mass is 479 g/mol. The summed E-state index contributed by atoms with van der Waals surface area (Å²) in [4.78, 5) is 34.3. The number of hydrogen-bond donors (Lipinski definition) is 4. The van der Waals surface area contributed by atoms with Gasteiger partial charge in [-0.25, -0.2) is 4.98 Å². The van der Waals surface area contributed by atoms with Crippen molar-refractivity contribution in [3.63, 3.8) is 0 Å². The molecule has 1 saturated heterocycles. The second-order valence-corrected chi connectivity index (χ2v) is 9.44. The molecule has 34 heavy (non-hydrogen) atoms. The Morgan fingerprint density at radius 1 is 1.35 bits per heavy atom. The van der Waals surface area contributed by atoms with Gasteiger partial charge in [0.25, 0.3) is 5.91 Å². The Morgan fingerprint density at radius 2 is 2.18 bits per heavy atom. The third-order valence-corrected chi connectivity index (χ3v) is 7.06. The number of H-pyrrole nitrogens is 1. The van der Waals surface area contributed by atoms with Crippen molar-refractivity contribution in [3.05, 3.63) is 52.6 Å². The van der Waals surface area contributed by atoms with Crippen LogP contribution >= 0.6 is 8.43 Å². The molecule has 5 rings (SSSR count). The molecule has 4 N–H and O–H groups in total. The van der Waals surface area contributed by atoms with Gasteiger partial charge in [0.05, 0.1) is 16.6 Å². The number of aliphatic hydroxyl groups is 1. The van der Waals surface area contributed by atoms with Gasteiger partial charge in [-0.2, -0.15) is 0 Å². The standard InChI is InChI=1S/C24H26N5O4P/c1-13-8-17-18(10-19(13)33-34-3)27-23(26-17)25-11-14-4-5-16-15(9-14)12-29(21(16)31)24(2)7-6-20(30)28-22(24)32/h4-5,8-10,22,32H,3,6-7,11-12H2,1-2H3,(H,28,30)(H2,25,26,27). The maximum absolute atomic E-state index is 13.1.